The van der Waals surface area contributed by atoms with Crippen molar-refractivity contribution in [3.63, 3.8) is 0 Å². The molecule has 0 spiro atoms. The molecule has 0 aliphatic carbocycles. The molecule has 1 saturated heterocycles. The Hall–Kier alpha value is -4.57. The van der Waals surface area contributed by atoms with E-state index in [0.717, 1.165) is 24.0 Å². The number of methoxy groups -OCH3 is 2. The maximum atomic E-state index is 13.8. The monoisotopic (exact) mass is 630 g/mol. The van der Waals surface area contributed by atoms with Crippen LogP contribution in [0, 0.1) is 5.92 Å². The molecule has 4 aromatic rings. The van der Waals surface area contributed by atoms with Gasteiger partial charge in [-0.05, 0) is 66.8 Å². The number of unbranched alkanes of at least 4 members (excludes halogenated alkanes) is 1. The third kappa shape index (κ3) is 6.76. The molecule has 0 radical (unpaired) electrons. The Morgan fingerprint density at radius 3 is 2.51 bits per heavy atom. The minimum atomic E-state index is -0.990. The highest BCUT2D eigenvalue weighted by Crippen LogP contribution is 2.46. The molecule has 0 bridgehead atoms. The number of nitrogens with zero attached hydrogens (tertiary/aromatic N) is 2. The Morgan fingerprint density at radius 2 is 1.78 bits per heavy atom. The summed E-state index contributed by atoms with van der Waals surface area (Å²) in [4.78, 5) is 33.6. The second kappa shape index (κ2) is 14.0. The van der Waals surface area contributed by atoms with Crippen LogP contribution in [0.3, 0.4) is 0 Å². The van der Waals surface area contributed by atoms with Gasteiger partial charge in [0.15, 0.2) is 16.6 Å². The third-order valence-electron chi connectivity index (χ3n) is 7.57. The summed E-state index contributed by atoms with van der Waals surface area (Å²) in [6.07, 6.45) is 2.73. The number of amides is 1. The summed E-state index contributed by atoms with van der Waals surface area (Å²) in [5, 5.41) is 12.0. The van der Waals surface area contributed by atoms with Crippen LogP contribution in [-0.4, -0.2) is 49.2 Å². The molecule has 1 amide bonds. The highest BCUT2D eigenvalue weighted by atomic mass is 32.1. The van der Waals surface area contributed by atoms with Gasteiger partial charge in [0.25, 0.3) is 5.78 Å². The number of rotatable bonds is 13. The summed E-state index contributed by atoms with van der Waals surface area (Å²) < 4.78 is 23.7. The molecule has 1 atom stereocenters. The van der Waals surface area contributed by atoms with Crippen molar-refractivity contribution in [1.29, 1.82) is 0 Å². The number of thiazole rings is 1. The predicted octanol–water partition coefficient (Wildman–Crippen LogP) is 7.54. The number of carbonyl (C=O) groups excluding carboxylic acids is 2. The van der Waals surface area contributed by atoms with Crippen molar-refractivity contribution in [3.8, 4) is 23.0 Å². The maximum absolute atomic E-state index is 13.8. The molecule has 1 N–H and O–H groups in total. The van der Waals surface area contributed by atoms with E-state index in [1.165, 1.54) is 23.3 Å². The first kappa shape index (κ1) is 31.8. The molecule has 2 heterocycles. The van der Waals surface area contributed by atoms with Gasteiger partial charge >= 0.3 is 5.91 Å². The van der Waals surface area contributed by atoms with Crippen molar-refractivity contribution in [1.82, 2.24) is 4.98 Å². The summed E-state index contributed by atoms with van der Waals surface area (Å²) in [5.74, 6) is 0.755. The number of Topliss-reactive ketones (excluding diaryl/α,β-unsaturated/α-hetero) is 1. The summed E-state index contributed by atoms with van der Waals surface area (Å²) >= 11 is 1.26. The number of carbonyl (C=O) groups is 2. The normalized spacial score (nSPS) is 16.0. The van der Waals surface area contributed by atoms with Gasteiger partial charge < -0.3 is 24.1 Å². The van der Waals surface area contributed by atoms with Crippen LogP contribution in [0.1, 0.15) is 57.2 Å². The van der Waals surface area contributed by atoms with E-state index in [9.17, 15) is 14.7 Å². The molecule has 0 saturated carbocycles. The van der Waals surface area contributed by atoms with Crippen molar-refractivity contribution in [3.05, 3.63) is 77.4 Å². The molecule has 45 heavy (non-hydrogen) atoms. The standard InChI is InChI=1S/C35H38N2O7S/c1-6-7-16-43-25-10-8-9-23(18-25)32(38)30-31(22-11-14-27(28(19-22)42-5)44-17-15-21(2)3)37(34(40)33(30)39)35-36-26-13-12-24(41-4)20-29(26)45-35/h8-14,18-21,31,38H,6-7,15-17H2,1-5H3. The Labute approximate surface area is 267 Å². The average Bonchev–Trinajstić information content (AvgIpc) is 3.58. The van der Waals surface area contributed by atoms with Crippen molar-refractivity contribution < 1.29 is 33.6 Å². The molecule has 1 aliphatic rings. The lowest BCUT2D eigenvalue weighted by Gasteiger charge is -2.24. The first-order chi connectivity index (χ1) is 21.7. The highest BCUT2D eigenvalue weighted by Gasteiger charge is 2.48. The molecule has 9 nitrogen and oxygen atoms in total. The smallest absolute Gasteiger partial charge is 0.301 e. The molecule has 1 unspecified atom stereocenters. The van der Waals surface area contributed by atoms with Crippen LogP contribution >= 0.6 is 11.3 Å². The minimum absolute atomic E-state index is 0.0573. The molecule has 3 aromatic carbocycles. The van der Waals surface area contributed by atoms with Gasteiger partial charge in [-0.2, -0.15) is 0 Å². The van der Waals surface area contributed by atoms with Gasteiger partial charge in [0.05, 0.1) is 49.3 Å². The number of ether oxygens (including phenoxy) is 4. The lowest BCUT2D eigenvalue weighted by Crippen LogP contribution is -2.29. The zero-order valence-corrected chi connectivity index (χ0v) is 27.0. The molecule has 5 rings (SSSR count). The lowest BCUT2D eigenvalue weighted by atomic mass is 9.95. The molecule has 1 aliphatic heterocycles. The van der Waals surface area contributed by atoms with Crippen LogP contribution in [0.5, 0.6) is 23.0 Å². The fourth-order valence-electron chi connectivity index (χ4n) is 5.07. The van der Waals surface area contributed by atoms with Gasteiger partial charge in [-0.25, -0.2) is 4.98 Å². The summed E-state index contributed by atoms with van der Waals surface area (Å²) in [6.45, 7) is 7.36. The number of fused-ring (bicyclic) bond motifs is 1. The average molecular weight is 631 g/mol. The van der Waals surface area contributed by atoms with E-state index in [0.29, 0.717) is 63.9 Å². The van der Waals surface area contributed by atoms with Gasteiger partial charge in [-0.1, -0.05) is 56.7 Å². The van der Waals surface area contributed by atoms with Crippen LogP contribution < -0.4 is 23.8 Å². The fraction of sp³-hybridized carbons (Fsp3) is 0.343. The molecular formula is C35H38N2O7S. The van der Waals surface area contributed by atoms with E-state index in [1.807, 2.05) is 6.07 Å². The van der Waals surface area contributed by atoms with E-state index in [4.69, 9.17) is 23.9 Å². The lowest BCUT2D eigenvalue weighted by molar-refractivity contribution is -0.132. The van der Waals surface area contributed by atoms with Gasteiger partial charge in [0.2, 0.25) is 0 Å². The zero-order chi connectivity index (χ0) is 32.1. The van der Waals surface area contributed by atoms with Crippen molar-refractivity contribution in [2.24, 2.45) is 5.92 Å². The Kier molecular flexibility index (Phi) is 9.93. The van der Waals surface area contributed by atoms with Crippen molar-refractivity contribution in [2.75, 3.05) is 32.3 Å². The first-order valence-electron chi connectivity index (χ1n) is 15.0. The Bertz CT molecular complexity index is 1730. The van der Waals surface area contributed by atoms with E-state index < -0.39 is 17.7 Å². The number of ketones is 1. The van der Waals surface area contributed by atoms with Gasteiger partial charge in [-0.3, -0.25) is 14.5 Å². The fourth-order valence-corrected chi connectivity index (χ4v) is 6.09. The third-order valence-corrected chi connectivity index (χ3v) is 8.58. The van der Waals surface area contributed by atoms with E-state index in [-0.39, 0.29) is 11.3 Å². The van der Waals surface area contributed by atoms with Crippen molar-refractivity contribution in [2.45, 2.75) is 46.1 Å². The van der Waals surface area contributed by atoms with Gasteiger partial charge in [-0.15, -0.1) is 0 Å². The Morgan fingerprint density at radius 1 is 0.956 bits per heavy atom. The zero-order valence-electron chi connectivity index (χ0n) is 26.2. The largest absolute Gasteiger partial charge is 0.507 e. The molecule has 10 heteroatoms. The molecular weight excluding hydrogens is 592 g/mol. The van der Waals surface area contributed by atoms with E-state index >= 15 is 0 Å². The topological polar surface area (TPSA) is 107 Å². The maximum Gasteiger partial charge on any atom is 0.301 e. The van der Waals surface area contributed by atoms with Crippen LogP contribution in [0.4, 0.5) is 5.13 Å². The number of hydrogen-bond donors (Lipinski definition) is 1. The van der Waals surface area contributed by atoms with Gasteiger partial charge in [0, 0.05) is 5.56 Å². The van der Waals surface area contributed by atoms with Gasteiger partial charge in [0.1, 0.15) is 17.3 Å². The quantitative estimate of drug-likeness (QED) is 0.0699. The predicted molar refractivity (Wildman–Crippen MR) is 176 cm³/mol. The number of aromatic nitrogens is 1. The Balaban J connectivity index is 1.63. The number of benzene rings is 3. The van der Waals surface area contributed by atoms with Crippen LogP contribution in [0.25, 0.3) is 16.0 Å². The second-order valence-electron chi connectivity index (χ2n) is 11.2. The summed E-state index contributed by atoms with van der Waals surface area (Å²) in [5.41, 5.74) is 1.51. The highest BCUT2D eigenvalue weighted by molar-refractivity contribution is 7.22. The summed E-state index contributed by atoms with van der Waals surface area (Å²) in [6, 6.07) is 16.6. The van der Waals surface area contributed by atoms with E-state index in [1.54, 1.807) is 61.7 Å². The SMILES string of the molecule is CCCCOc1cccc(C(O)=C2C(=O)C(=O)N(c3nc4ccc(OC)cc4s3)C2c2ccc(OCCC(C)C)c(OC)c2)c1. The van der Waals surface area contributed by atoms with Crippen LogP contribution in [0.15, 0.2) is 66.2 Å². The molecule has 1 aromatic heterocycles. The minimum Gasteiger partial charge on any atom is -0.507 e. The number of aliphatic hydroxyl groups is 1. The number of hydrogen-bond acceptors (Lipinski definition) is 9. The van der Waals surface area contributed by atoms with Crippen molar-refractivity contribution >= 4 is 44.1 Å². The first-order valence-corrected chi connectivity index (χ1v) is 15.9. The molecule has 236 valence electrons. The molecule has 1 fully saturated rings. The van der Waals surface area contributed by atoms with Crippen LogP contribution in [-0.2, 0) is 9.59 Å². The number of anilines is 1. The van der Waals surface area contributed by atoms with E-state index in [2.05, 4.69) is 20.8 Å². The van der Waals surface area contributed by atoms with Crippen LogP contribution in [0.2, 0.25) is 0 Å². The summed E-state index contributed by atoms with van der Waals surface area (Å²) in [7, 11) is 3.12. The second-order valence-corrected chi connectivity index (χ2v) is 12.2. The number of aliphatic hydroxyl groups excluding tert-OH is 1.